The number of nitrogens with zero attached hydrogens (tertiary/aromatic N) is 2. The molecule has 1 N–H and O–H groups in total. The summed E-state index contributed by atoms with van der Waals surface area (Å²) in [4.78, 5) is 0. The van der Waals surface area contributed by atoms with Crippen LogP contribution in [-0.4, -0.2) is 11.7 Å². The molecule has 0 radical (unpaired) electrons. The Hall–Kier alpha value is -2.20. The third-order valence-electron chi connectivity index (χ3n) is 2.59. The van der Waals surface area contributed by atoms with Crippen LogP contribution in [-0.2, 0) is 0 Å². The number of hydrogen-bond acceptors (Lipinski definition) is 4. The van der Waals surface area contributed by atoms with Gasteiger partial charge in [-0.05, 0) is 6.42 Å². The molecule has 0 atom stereocenters. The minimum Gasteiger partial charge on any atom is -0.507 e. The smallest absolute Gasteiger partial charge is 0.138 e. The van der Waals surface area contributed by atoms with Crippen LogP contribution in [0.15, 0.2) is 12.1 Å². The van der Waals surface area contributed by atoms with Crippen molar-refractivity contribution in [3.05, 3.63) is 23.3 Å². The highest BCUT2D eigenvalue weighted by molar-refractivity contribution is 5.55. The highest BCUT2D eigenvalue weighted by Gasteiger charge is 2.09. The van der Waals surface area contributed by atoms with E-state index in [-0.39, 0.29) is 16.9 Å². The molecule has 4 nitrogen and oxygen atoms in total. The van der Waals surface area contributed by atoms with Crippen LogP contribution in [0.4, 0.5) is 0 Å². The Morgan fingerprint density at radius 3 is 2.44 bits per heavy atom. The van der Waals surface area contributed by atoms with E-state index in [2.05, 4.69) is 6.92 Å². The molecule has 0 aliphatic carbocycles. The fourth-order valence-corrected chi connectivity index (χ4v) is 1.58. The molecule has 94 valence electrons. The molecule has 0 fully saturated rings. The average molecular weight is 244 g/mol. The van der Waals surface area contributed by atoms with Gasteiger partial charge in [0.15, 0.2) is 0 Å². The van der Waals surface area contributed by atoms with Gasteiger partial charge in [-0.15, -0.1) is 0 Å². The lowest BCUT2D eigenvalue weighted by Crippen LogP contribution is -1.99. The van der Waals surface area contributed by atoms with Crippen molar-refractivity contribution in [2.45, 2.75) is 32.6 Å². The van der Waals surface area contributed by atoms with Crippen molar-refractivity contribution in [3.8, 4) is 23.6 Å². The predicted molar refractivity (Wildman–Crippen MR) is 67.2 cm³/mol. The summed E-state index contributed by atoms with van der Waals surface area (Å²) in [6.45, 7) is 2.65. The van der Waals surface area contributed by atoms with Crippen LogP contribution in [0.5, 0.6) is 11.5 Å². The molecule has 0 spiro atoms. The monoisotopic (exact) mass is 244 g/mol. The number of rotatable bonds is 6. The summed E-state index contributed by atoms with van der Waals surface area (Å²) in [5, 5.41) is 27.2. The van der Waals surface area contributed by atoms with Crippen molar-refractivity contribution >= 4 is 0 Å². The minimum absolute atomic E-state index is 0.123. The van der Waals surface area contributed by atoms with Crippen molar-refractivity contribution in [1.82, 2.24) is 0 Å². The summed E-state index contributed by atoms with van der Waals surface area (Å²) in [5.41, 5.74) is 0.375. The highest BCUT2D eigenvalue weighted by Crippen LogP contribution is 2.27. The Balaban J connectivity index is 2.70. The number of phenols is 1. The SMILES string of the molecule is CCCCCCOc1cc(C#N)c(O)cc1C#N. The number of phenolic OH excluding ortho intramolecular Hbond substituents is 1. The fraction of sp³-hybridized carbons (Fsp3) is 0.429. The highest BCUT2D eigenvalue weighted by atomic mass is 16.5. The van der Waals surface area contributed by atoms with E-state index >= 15 is 0 Å². The van der Waals surface area contributed by atoms with Crippen LogP contribution in [0.2, 0.25) is 0 Å². The van der Waals surface area contributed by atoms with Gasteiger partial charge in [-0.2, -0.15) is 10.5 Å². The second kappa shape index (κ2) is 7.19. The molecule has 0 saturated carbocycles. The molecule has 0 bridgehead atoms. The molecule has 0 aromatic heterocycles. The van der Waals surface area contributed by atoms with E-state index in [1.807, 2.05) is 12.1 Å². The molecule has 1 aromatic rings. The summed E-state index contributed by atoms with van der Waals surface area (Å²) in [5.74, 6) is 0.177. The first-order chi connectivity index (χ1) is 8.72. The van der Waals surface area contributed by atoms with Crippen LogP contribution in [0.3, 0.4) is 0 Å². The normalized spacial score (nSPS) is 9.50. The molecule has 0 heterocycles. The van der Waals surface area contributed by atoms with Crippen molar-refractivity contribution in [2.24, 2.45) is 0 Å². The molecule has 1 aromatic carbocycles. The van der Waals surface area contributed by atoms with E-state index in [4.69, 9.17) is 15.3 Å². The van der Waals surface area contributed by atoms with E-state index in [9.17, 15) is 5.11 Å². The lowest BCUT2D eigenvalue weighted by Gasteiger charge is -2.08. The Morgan fingerprint density at radius 2 is 1.83 bits per heavy atom. The number of hydrogen-bond donors (Lipinski definition) is 1. The Bertz CT molecular complexity index is 484. The van der Waals surface area contributed by atoms with Gasteiger partial charge in [-0.3, -0.25) is 0 Å². The van der Waals surface area contributed by atoms with Crippen LogP contribution in [0.1, 0.15) is 43.7 Å². The molecule has 1 rings (SSSR count). The van der Waals surface area contributed by atoms with Crippen molar-refractivity contribution < 1.29 is 9.84 Å². The van der Waals surface area contributed by atoms with E-state index in [1.165, 1.54) is 12.1 Å². The van der Waals surface area contributed by atoms with Crippen LogP contribution < -0.4 is 4.74 Å². The van der Waals surface area contributed by atoms with Gasteiger partial charge in [0, 0.05) is 12.1 Å². The van der Waals surface area contributed by atoms with Crippen LogP contribution in [0.25, 0.3) is 0 Å². The molecule has 0 saturated heterocycles. The van der Waals surface area contributed by atoms with E-state index in [1.54, 1.807) is 0 Å². The summed E-state index contributed by atoms with van der Waals surface area (Å²) in [6, 6.07) is 6.48. The molecule has 0 amide bonds. The van der Waals surface area contributed by atoms with Gasteiger partial charge >= 0.3 is 0 Å². The minimum atomic E-state index is -0.188. The number of unbranched alkanes of at least 4 members (excludes halogenated alkanes) is 3. The van der Waals surface area contributed by atoms with E-state index < -0.39 is 0 Å². The summed E-state index contributed by atoms with van der Waals surface area (Å²) in [7, 11) is 0. The van der Waals surface area contributed by atoms with Gasteiger partial charge in [0.1, 0.15) is 23.6 Å². The van der Waals surface area contributed by atoms with Crippen LogP contribution >= 0.6 is 0 Å². The molecule has 0 aliphatic rings. The molecule has 18 heavy (non-hydrogen) atoms. The third-order valence-corrected chi connectivity index (χ3v) is 2.59. The van der Waals surface area contributed by atoms with Gasteiger partial charge in [0.2, 0.25) is 0 Å². The molecular weight excluding hydrogens is 228 g/mol. The Kier molecular flexibility index (Phi) is 5.54. The number of nitriles is 2. The maximum absolute atomic E-state index is 9.46. The zero-order chi connectivity index (χ0) is 13.4. The van der Waals surface area contributed by atoms with Crippen molar-refractivity contribution in [2.75, 3.05) is 6.61 Å². The topological polar surface area (TPSA) is 77.0 Å². The maximum Gasteiger partial charge on any atom is 0.138 e. The lowest BCUT2D eigenvalue weighted by atomic mass is 10.1. The standard InChI is InChI=1S/C14H16N2O2/c1-2-3-4-5-6-18-14-8-11(9-15)13(17)7-12(14)10-16/h7-8,17H,2-6H2,1H3. The predicted octanol–water partition coefficient (Wildman–Crippen LogP) is 3.09. The second-order valence-corrected chi connectivity index (χ2v) is 4.00. The van der Waals surface area contributed by atoms with Crippen molar-refractivity contribution in [1.29, 1.82) is 10.5 Å². The molecule has 4 heteroatoms. The maximum atomic E-state index is 9.46. The first-order valence-electron chi connectivity index (χ1n) is 6.03. The van der Waals surface area contributed by atoms with Gasteiger partial charge < -0.3 is 9.84 Å². The Labute approximate surface area is 107 Å². The first kappa shape index (κ1) is 13.9. The molecule has 0 unspecified atom stereocenters. The third kappa shape index (κ3) is 3.68. The summed E-state index contributed by atoms with van der Waals surface area (Å²) in [6.07, 6.45) is 4.32. The van der Waals surface area contributed by atoms with Gasteiger partial charge in [-0.25, -0.2) is 0 Å². The summed E-state index contributed by atoms with van der Waals surface area (Å²) < 4.78 is 5.49. The summed E-state index contributed by atoms with van der Waals surface area (Å²) >= 11 is 0. The largest absolute Gasteiger partial charge is 0.507 e. The van der Waals surface area contributed by atoms with Crippen LogP contribution in [0, 0.1) is 22.7 Å². The zero-order valence-electron chi connectivity index (χ0n) is 10.4. The first-order valence-corrected chi connectivity index (χ1v) is 6.03. The number of benzene rings is 1. The van der Waals surface area contributed by atoms with Gasteiger partial charge in [0.05, 0.1) is 17.7 Å². The quantitative estimate of drug-likeness (QED) is 0.780. The van der Waals surface area contributed by atoms with Crippen molar-refractivity contribution in [3.63, 3.8) is 0 Å². The fourth-order valence-electron chi connectivity index (χ4n) is 1.58. The number of ether oxygens (including phenoxy) is 1. The van der Waals surface area contributed by atoms with E-state index in [0.717, 1.165) is 25.7 Å². The van der Waals surface area contributed by atoms with Gasteiger partial charge in [0.25, 0.3) is 0 Å². The van der Waals surface area contributed by atoms with Gasteiger partial charge in [-0.1, -0.05) is 26.2 Å². The van der Waals surface area contributed by atoms with E-state index in [0.29, 0.717) is 12.4 Å². The average Bonchev–Trinajstić information content (AvgIpc) is 2.39. The second-order valence-electron chi connectivity index (χ2n) is 4.00. The molecular formula is C14H16N2O2. The number of aromatic hydroxyl groups is 1. The zero-order valence-corrected chi connectivity index (χ0v) is 10.4. The molecule has 0 aliphatic heterocycles. The lowest BCUT2D eigenvalue weighted by molar-refractivity contribution is 0.303. The Morgan fingerprint density at radius 1 is 1.11 bits per heavy atom.